The topological polar surface area (TPSA) is 66.2 Å². The van der Waals surface area contributed by atoms with E-state index in [1.165, 1.54) is 5.56 Å². The standard InChI is InChI=1S/C23H19NO.C21H15NO/c1-15-8-3-5-10-17(15)20-14-21(18-11-6-4-9-16(18)2)23(25)22-19(20)12-7-13-24-22;23-21-19(16-10-5-2-6-11-16)14-18(15-8-3-1-4-9-15)17-12-7-13-22-20(17)21/h3-14,25H,1-2H3;1-14,23H. The van der Waals surface area contributed by atoms with Crippen molar-refractivity contribution in [3.63, 3.8) is 0 Å². The third-order valence-corrected chi connectivity index (χ3v) is 8.77. The molecule has 4 heteroatoms. The molecule has 4 nitrogen and oxygen atoms in total. The first-order valence-electron chi connectivity index (χ1n) is 16.0. The van der Waals surface area contributed by atoms with Crippen molar-refractivity contribution in [2.75, 3.05) is 0 Å². The van der Waals surface area contributed by atoms with Gasteiger partial charge in [0.15, 0.2) is 0 Å². The van der Waals surface area contributed by atoms with Gasteiger partial charge in [0, 0.05) is 34.3 Å². The number of phenols is 2. The zero-order valence-corrected chi connectivity index (χ0v) is 26.8. The molecular formula is C44H34N2O2. The lowest BCUT2D eigenvalue weighted by Crippen LogP contribution is -1.91. The van der Waals surface area contributed by atoms with Crippen LogP contribution in [0.4, 0.5) is 0 Å². The van der Waals surface area contributed by atoms with Crippen LogP contribution in [0.25, 0.3) is 66.3 Å². The first-order valence-corrected chi connectivity index (χ1v) is 16.0. The maximum absolute atomic E-state index is 10.9. The monoisotopic (exact) mass is 622 g/mol. The third-order valence-electron chi connectivity index (χ3n) is 8.77. The number of fused-ring (bicyclic) bond motifs is 2. The lowest BCUT2D eigenvalue weighted by atomic mass is 9.91. The summed E-state index contributed by atoms with van der Waals surface area (Å²) < 4.78 is 0. The number of aromatic hydroxyl groups is 2. The van der Waals surface area contributed by atoms with Crippen LogP contribution in [0.2, 0.25) is 0 Å². The molecule has 6 aromatic carbocycles. The third kappa shape index (κ3) is 5.76. The van der Waals surface area contributed by atoms with Gasteiger partial charge >= 0.3 is 0 Å². The Balaban J connectivity index is 0.000000152. The van der Waals surface area contributed by atoms with Crippen molar-refractivity contribution in [1.29, 1.82) is 0 Å². The fraction of sp³-hybridized carbons (Fsp3) is 0.0455. The fourth-order valence-electron chi connectivity index (χ4n) is 6.33. The van der Waals surface area contributed by atoms with Gasteiger partial charge in [0.2, 0.25) is 0 Å². The summed E-state index contributed by atoms with van der Waals surface area (Å²) in [6, 6.07) is 48.5. The summed E-state index contributed by atoms with van der Waals surface area (Å²) in [4.78, 5) is 8.87. The fourth-order valence-corrected chi connectivity index (χ4v) is 6.33. The molecule has 0 atom stereocenters. The highest BCUT2D eigenvalue weighted by Crippen LogP contribution is 2.43. The SMILES string of the molecule is Cc1ccccc1-c1cc(-c2ccccc2C)c2cccnc2c1O.Oc1c(-c2ccccc2)cc(-c2ccccc2)c2cccnc12. The quantitative estimate of drug-likeness (QED) is 0.205. The number of pyridine rings is 2. The van der Waals surface area contributed by atoms with E-state index in [1.54, 1.807) is 12.4 Å². The van der Waals surface area contributed by atoms with E-state index in [1.807, 2.05) is 109 Å². The Morgan fingerprint density at radius 1 is 0.375 bits per heavy atom. The van der Waals surface area contributed by atoms with Crippen molar-refractivity contribution in [3.05, 3.63) is 169 Å². The Hall–Kier alpha value is -6.26. The molecule has 232 valence electrons. The molecule has 0 aliphatic heterocycles. The lowest BCUT2D eigenvalue weighted by Gasteiger charge is -2.15. The second-order valence-electron chi connectivity index (χ2n) is 11.8. The Labute approximate surface area is 280 Å². The first kappa shape index (κ1) is 30.4. The highest BCUT2D eigenvalue weighted by molar-refractivity contribution is 6.04. The van der Waals surface area contributed by atoms with Gasteiger partial charge < -0.3 is 10.2 Å². The number of rotatable bonds is 4. The van der Waals surface area contributed by atoms with Crippen LogP contribution in [-0.4, -0.2) is 20.2 Å². The minimum atomic E-state index is 0.228. The average Bonchev–Trinajstić information content (AvgIpc) is 3.14. The van der Waals surface area contributed by atoms with Crippen LogP contribution >= 0.6 is 0 Å². The van der Waals surface area contributed by atoms with Crippen molar-refractivity contribution in [2.45, 2.75) is 13.8 Å². The van der Waals surface area contributed by atoms with Gasteiger partial charge in [-0.2, -0.15) is 0 Å². The molecule has 0 fully saturated rings. The highest BCUT2D eigenvalue weighted by Gasteiger charge is 2.17. The minimum Gasteiger partial charge on any atom is -0.505 e. The zero-order chi connectivity index (χ0) is 33.0. The molecule has 0 spiro atoms. The number of hydrogen-bond donors (Lipinski definition) is 2. The zero-order valence-electron chi connectivity index (χ0n) is 26.8. The number of aromatic nitrogens is 2. The van der Waals surface area contributed by atoms with Crippen molar-refractivity contribution >= 4 is 21.8 Å². The second kappa shape index (κ2) is 13.2. The normalized spacial score (nSPS) is 10.9. The number of benzene rings is 6. The van der Waals surface area contributed by atoms with E-state index in [0.717, 1.165) is 60.8 Å². The van der Waals surface area contributed by atoms with Crippen molar-refractivity contribution in [3.8, 4) is 56.0 Å². The van der Waals surface area contributed by atoms with Crippen molar-refractivity contribution < 1.29 is 10.2 Å². The van der Waals surface area contributed by atoms with Crippen LogP contribution in [0.3, 0.4) is 0 Å². The number of aryl methyl sites for hydroxylation is 2. The molecule has 8 aromatic rings. The number of phenolic OH excluding ortho intramolecular Hbond substituents is 2. The van der Waals surface area contributed by atoms with Gasteiger partial charge in [-0.1, -0.05) is 121 Å². The van der Waals surface area contributed by atoms with E-state index in [-0.39, 0.29) is 11.5 Å². The predicted octanol–water partition coefficient (Wildman–Crippen LogP) is 11.2. The molecule has 48 heavy (non-hydrogen) atoms. The molecule has 0 radical (unpaired) electrons. The molecule has 2 N–H and O–H groups in total. The summed E-state index contributed by atoms with van der Waals surface area (Å²) in [5, 5.41) is 23.5. The van der Waals surface area contributed by atoms with Crippen LogP contribution < -0.4 is 0 Å². The Bertz CT molecular complexity index is 2390. The largest absolute Gasteiger partial charge is 0.505 e. The maximum atomic E-state index is 10.9. The Morgan fingerprint density at radius 2 is 0.792 bits per heavy atom. The van der Waals surface area contributed by atoms with Gasteiger partial charge in [0.1, 0.15) is 22.5 Å². The van der Waals surface area contributed by atoms with E-state index in [2.05, 4.69) is 60.2 Å². The molecule has 0 amide bonds. The van der Waals surface area contributed by atoms with Gasteiger partial charge in [0.05, 0.1) is 0 Å². The smallest absolute Gasteiger partial charge is 0.149 e. The van der Waals surface area contributed by atoms with Crippen LogP contribution in [0.5, 0.6) is 11.5 Å². The summed E-state index contributed by atoms with van der Waals surface area (Å²) >= 11 is 0. The minimum absolute atomic E-state index is 0.228. The molecule has 2 aromatic heterocycles. The molecule has 2 heterocycles. The van der Waals surface area contributed by atoms with Crippen molar-refractivity contribution in [1.82, 2.24) is 9.97 Å². The molecule has 0 aliphatic rings. The van der Waals surface area contributed by atoms with E-state index in [0.29, 0.717) is 11.0 Å². The summed E-state index contributed by atoms with van der Waals surface area (Å²) in [7, 11) is 0. The van der Waals surface area contributed by atoms with Gasteiger partial charge in [0.25, 0.3) is 0 Å². The highest BCUT2D eigenvalue weighted by atomic mass is 16.3. The van der Waals surface area contributed by atoms with E-state index in [9.17, 15) is 10.2 Å². The lowest BCUT2D eigenvalue weighted by molar-refractivity contribution is 0.482. The molecule has 0 saturated heterocycles. The van der Waals surface area contributed by atoms with Gasteiger partial charge in [-0.15, -0.1) is 0 Å². The molecule has 0 bridgehead atoms. The maximum Gasteiger partial charge on any atom is 0.149 e. The van der Waals surface area contributed by atoms with Gasteiger partial charge in [-0.3, -0.25) is 9.97 Å². The van der Waals surface area contributed by atoms with Gasteiger partial charge in [-0.25, -0.2) is 0 Å². The molecule has 8 rings (SSSR count). The van der Waals surface area contributed by atoms with E-state index in [4.69, 9.17) is 0 Å². The Kier molecular flexibility index (Phi) is 8.38. The average molecular weight is 623 g/mol. The van der Waals surface area contributed by atoms with Crippen molar-refractivity contribution in [2.24, 2.45) is 0 Å². The molecule has 0 saturated carbocycles. The van der Waals surface area contributed by atoms with Crippen LogP contribution in [0.15, 0.2) is 158 Å². The molecule has 0 unspecified atom stereocenters. The van der Waals surface area contributed by atoms with E-state index < -0.39 is 0 Å². The van der Waals surface area contributed by atoms with Crippen LogP contribution in [-0.2, 0) is 0 Å². The second-order valence-corrected chi connectivity index (χ2v) is 11.8. The van der Waals surface area contributed by atoms with Gasteiger partial charge in [-0.05, 0) is 82.6 Å². The summed E-state index contributed by atoms with van der Waals surface area (Å²) in [5.41, 5.74) is 11.7. The predicted molar refractivity (Wildman–Crippen MR) is 198 cm³/mol. The summed E-state index contributed by atoms with van der Waals surface area (Å²) in [5.74, 6) is 0.466. The summed E-state index contributed by atoms with van der Waals surface area (Å²) in [6.07, 6.45) is 3.44. The Morgan fingerprint density at radius 3 is 1.33 bits per heavy atom. The van der Waals surface area contributed by atoms with E-state index >= 15 is 0 Å². The van der Waals surface area contributed by atoms with Crippen LogP contribution in [0.1, 0.15) is 11.1 Å². The first-order chi connectivity index (χ1) is 23.5. The van der Waals surface area contributed by atoms with Crippen LogP contribution in [0, 0.1) is 13.8 Å². The number of nitrogens with zero attached hydrogens (tertiary/aromatic N) is 2. The molecule has 0 aliphatic carbocycles. The summed E-state index contributed by atoms with van der Waals surface area (Å²) in [6.45, 7) is 4.17. The number of hydrogen-bond acceptors (Lipinski definition) is 4. The molecular weight excluding hydrogens is 588 g/mol.